The van der Waals surface area contributed by atoms with E-state index >= 15 is 0 Å². The molecule has 0 unspecified atom stereocenters. The van der Waals surface area contributed by atoms with Gasteiger partial charge in [-0.2, -0.15) is 9.57 Å². The molecule has 35 heavy (non-hydrogen) atoms. The Morgan fingerprint density at radius 2 is 1.74 bits per heavy atom. The summed E-state index contributed by atoms with van der Waals surface area (Å²) in [6.07, 6.45) is 2.22. The third-order valence-electron chi connectivity index (χ3n) is 7.02. The molecule has 0 aromatic heterocycles. The predicted molar refractivity (Wildman–Crippen MR) is 136 cm³/mol. The van der Waals surface area contributed by atoms with E-state index in [4.69, 9.17) is 11.6 Å². The summed E-state index contributed by atoms with van der Waals surface area (Å²) in [5.41, 5.74) is 2.74. The minimum Gasteiger partial charge on any atom is -0.371 e. The average Bonchev–Trinajstić information content (AvgIpc) is 2.86. The van der Waals surface area contributed by atoms with E-state index in [9.17, 15) is 18.1 Å². The summed E-state index contributed by atoms with van der Waals surface area (Å²) in [4.78, 5) is 6.83. The van der Waals surface area contributed by atoms with Crippen molar-refractivity contribution in [2.45, 2.75) is 30.3 Å². The van der Waals surface area contributed by atoms with Crippen LogP contribution < -0.4 is 4.90 Å². The molecule has 188 valence electrons. The first kappa shape index (κ1) is 25.9. The zero-order chi connectivity index (χ0) is 25.2. The molecule has 7 nitrogen and oxygen atoms in total. The molecule has 0 bridgehead atoms. The molecule has 0 aliphatic carbocycles. The summed E-state index contributed by atoms with van der Waals surface area (Å²) in [6, 6.07) is 12.4. The van der Waals surface area contributed by atoms with Gasteiger partial charge in [0.2, 0.25) is 10.0 Å². The van der Waals surface area contributed by atoms with Crippen molar-refractivity contribution in [3.63, 3.8) is 0 Å². The molecule has 2 aliphatic heterocycles. The van der Waals surface area contributed by atoms with Crippen molar-refractivity contribution < 1.29 is 12.8 Å². The molecule has 0 radical (unpaired) electrons. The molecule has 2 fully saturated rings. The Bertz CT molecular complexity index is 1200. The lowest BCUT2D eigenvalue weighted by Gasteiger charge is -2.37. The van der Waals surface area contributed by atoms with Crippen LogP contribution in [0.4, 0.5) is 10.1 Å². The second-order valence-electron chi connectivity index (χ2n) is 9.39. The number of piperidine rings is 1. The topological polar surface area (TPSA) is 70.9 Å². The van der Waals surface area contributed by atoms with Gasteiger partial charge in [0.1, 0.15) is 5.82 Å². The molecule has 0 N–H and O–H groups in total. The lowest BCUT2D eigenvalue weighted by Crippen LogP contribution is -2.48. The van der Waals surface area contributed by atoms with Gasteiger partial charge in [0.15, 0.2) is 0 Å². The lowest BCUT2D eigenvalue weighted by molar-refractivity contribution is 0.181. The monoisotopic (exact) mass is 519 g/mol. The third-order valence-corrected chi connectivity index (χ3v) is 9.21. The Balaban J connectivity index is 1.41. The van der Waals surface area contributed by atoms with Crippen LogP contribution in [0.5, 0.6) is 0 Å². The Labute approximate surface area is 212 Å². The number of piperazine rings is 1. The number of hydrogen-bond donors (Lipinski definition) is 0. The summed E-state index contributed by atoms with van der Waals surface area (Å²) in [5, 5.41) is 9.44. The minimum absolute atomic E-state index is 0.00476. The number of benzene rings is 2. The first-order valence-corrected chi connectivity index (χ1v) is 13.6. The second kappa shape index (κ2) is 10.8. The zero-order valence-electron chi connectivity index (χ0n) is 20.1. The van der Waals surface area contributed by atoms with Crippen LogP contribution in [-0.2, 0) is 16.6 Å². The molecular weight excluding hydrogens is 489 g/mol. The summed E-state index contributed by atoms with van der Waals surface area (Å²) in [6.45, 7) is 4.26. The van der Waals surface area contributed by atoms with Gasteiger partial charge in [-0.25, -0.2) is 12.8 Å². The molecule has 2 aromatic carbocycles. The average molecular weight is 520 g/mol. The molecule has 0 atom stereocenters. The fourth-order valence-corrected chi connectivity index (χ4v) is 6.51. The minimum atomic E-state index is -3.75. The number of hydrogen-bond acceptors (Lipinski definition) is 6. The summed E-state index contributed by atoms with van der Waals surface area (Å²) in [5.74, 6) is -0.645. The highest BCUT2D eigenvalue weighted by molar-refractivity contribution is 7.89. The normalized spacial score (nSPS) is 18.7. The second-order valence-corrected chi connectivity index (χ2v) is 11.7. The van der Waals surface area contributed by atoms with Crippen molar-refractivity contribution >= 4 is 27.3 Å². The van der Waals surface area contributed by atoms with E-state index < -0.39 is 15.8 Å². The van der Waals surface area contributed by atoms with Crippen molar-refractivity contribution in [2.75, 3.05) is 58.3 Å². The fraction of sp³-hybridized carbons (Fsp3) is 0.480. The molecule has 10 heteroatoms. The molecule has 0 spiro atoms. The van der Waals surface area contributed by atoms with E-state index in [1.165, 1.54) is 10.4 Å². The van der Waals surface area contributed by atoms with E-state index in [0.717, 1.165) is 49.3 Å². The van der Waals surface area contributed by atoms with Gasteiger partial charge < -0.3 is 9.80 Å². The van der Waals surface area contributed by atoms with E-state index in [0.29, 0.717) is 44.3 Å². The zero-order valence-corrected chi connectivity index (χ0v) is 21.7. The molecule has 4 rings (SSSR count). The summed E-state index contributed by atoms with van der Waals surface area (Å²) < 4.78 is 40.8. The van der Waals surface area contributed by atoms with Crippen LogP contribution in [0, 0.1) is 17.1 Å². The molecule has 0 saturated carbocycles. The summed E-state index contributed by atoms with van der Waals surface area (Å²) >= 11 is 5.79. The SMILES string of the molecule is CN(C)C1CCN(c2ccc(C#N)c(CN3CCN(S(=O)(=O)c4ccc(F)c(Cl)c4)CC3)c2)CC1. The van der Waals surface area contributed by atoms with Gasteiger partial charge in [0.05, 0.1) is 21.6 Å². The molecule has 2 aliphatic rings. The first-order chi connectivity index (χ1) is 16.7. The van der Waals surface area contributed by atoms with Gasteiger partial charge in [-0.3, -0.25) is 4.90 Å². The van der Waals surface area contributed by atoms with Crippen LogP contribution in [0.15, 0.2) is 41.3 Å². The highest BCUT2D eigenvalue weighted by Gasteiger charge is 2.29. The van der Waals surface area contributed by atoms with Crippen molar-refractivity contribution in [1.82, 2.24) is 14.1 Å². The van der Waals surface area contributed by atoms with Gasteiger partial charge in [-0.05, 0) is 68.9 Å². The maximum Gasteiger partial charge on any atom is 0.243 e. The predicted octanol–water partition coefficient (Wildman–Crippen LogP) is 3.39. The highest BCUT2D eigenvalue weighted by atomic mass is 35.5. The van der Waals surface area contributed by atoms with E-state index in [-0.39, 0.29) is 9.92 Å². The Morgan fingerprint density at radius 1 is 1.06 bits per heavy atom. The van der Waals surface area contributed by atoms with Crippen LogP contribution in [0.2, 0.25) is 5.02 Å². The van der Waals surface area contributed by atoms with Gasteiger partial charge in [0.25, 0.3) is 0 Å². The number of nitrogens with zero attached hydrogens (tertiary/aromatic N) is 5. The third kappa shape index (κ3) is 5.79. The molecule has 2 heterocycles. The van der Waals surface area contributed by atoms with E-state index in [2.05, 4.69) is 40.9 Å². The highest BCUT2D eigenvalue weighted by Crippen LogP contribution is 2.27. The largest absolute Gasteiger partial charge is 0.371 e. The van der Waals surface area contributed by atoms with Crippen molar-refractivity contribution in [3.05, 3.63) is 58.4 Å². The van der Waals surface area contributed by atoms with Crippen LogP contribution in [0.25, 0.3) is 0 Å². The van der Waals surface area contributed by atoms with Crippen LogP contribution in [-0.4, -0.2) is 81.9 Å². The first-order valence-electron chi connectivity index (χ1n) is 11.8. The van der Waals surface area contributed by atoms with E-state index in [1.54, 1.807) is 0 Å². The van der Waals surface area contributed by atoms with E-state index in [1.807, 2.05) is 12.1 Å². The van der Waals surface area contributed by atoms with Crippen LogP contribution >= 0.6 is 11.6 Å². The Kier molecular flexibility index (Phi) is 7.99. The van der Waals surface area contributed by atoms with Gasteiger partial charge in [-0.15, -0.1) is 0 Å². The van der Waals surface area contributed by atoms with Gasteiger partial charge in [-0.1, -0.05) is 11.6 Å². The smallest absolute Gasteiger partial charge is 0.243 e. The van der Waals surface area contributed by atoms with Crippen LogP contribution in [0.1, 0.15) is 24.0 Å². The number of nitriles is 1. The number of anilines is 1. The summed E-state index contributed by atoms with van der Waals surface area (Å²) in [7, 11) is 0.501. The van der Waals surface area contributed by atoms with Gasteiger partial charge >= 0.3 is 0 Å². The maximum atomic E-state index is 13.5. The van der Waals surface area contributed by atoms with Crippen molar-refractivity contribution in [3.8, 4) is 6.07 Å². The Hall–Kier alpha value is -2.22. The van der Waals surface area contributed by atoms with Gasteiger partial charge in [0, 0.05) is 57.5 Å². The Morgan fingerprint density at radius 3 is 2.34 bits per heavy atom. The lowest BCUT2D eigenvalue weighted by atomic mass is 10.0. The van der Waals surface area contributed by atoms with Crippen molar-refractivity contribution in [2.24, 2.45) is 0 Å². The fourth-order valence-electron chi connectivity index (χ4n) is 4.81. The number of halogens is 2. The van der Waals surface area contributed by atoms with Crippen molar-refractivity contribution in [1.29, 1.82) is 5.26 Å². The standard InChI is InChI=1S/C25H31ClFN5O2S/c1-29(2)21-7-9-31(10-8-21)22-4-3-19(17-28)20(15-22)18-30-11-13-32(14-12-30)35(33,34)23-5-6-25(27)24(26)16-23/h3-6,15-16,21H,7-14,18H2,1-2H3. The molecule has 2 saturated heterocycles. The maximum absolute atomic E-state index is 13.5. The number of sulfonamides is 1. The molecule has 0 amide bonds. The van der Waals surface area contributed by atoms with Crippen LogP contribution in [0.3, 0.4) is 0 Å². The molecular formula is C25H31ClFN5O2S. The number of rotatable bonds is 6. The quantitative estimate of drug-likeness (QED) is 0.582. The molecule has 2 aromatic rings.